The topological polar surface area (TPSA) is 81.4 Å². The van der Waals surface area contributed by atoms with Crippen LogP contribution in [0.25, 0.3) is 0 Å². The van der Waals surface area contributed by atoms with Crippen LogP contribution >= 0.6 is 12.4 Å². The Kier molecular flexibility index (Phi) is 7.23. The van der Waals surface area contributed by atoms with Gasteiger partial charge in [-0.1, -0.05) is 13.5 Å². The summed E-state index contributed by atoms with van der Waals surface area (Å²) in [5.41, 5.74) is 3.97. The van der Waals surface area contributed by atoms with Crippen LogP contribution in [0.15, 0.2) is 12.2 Å². The summed E-state index contributed by atoms with van der Waals surface area (Å²) in [6.07, 6.45) is 0.237. The monoisotopic (exact) mass is 278 g/mol. The fraction of sp³-hybridized carbons (Fsp3) is 0.667. The Morgan fingerprint density at radius 1 is 1.33 bits per heavy atom. The first-order chi connectivity index (χ1) is 7.52. The van der Waals surface area contributed by atoms with Crippen molar-refractivity contribution >= 4 is 24.3 Å². The maximum absolute atomic E-state index is 11.9. The van der Waals surface area contributed by atoms with E-state index in [0.29, 0.717) is 0 Å². The number of nitrogens with two attached hydrogens (primary N) is 1. The van der Waals surface area contributed by atoms with Gasteiger partial charge < -0.3 is 10.1 Å². The van der Waals surface area contributed by atoms with E-state index >= 15 is 0 Å². The van der Waals surface area contributed by atoms with Crippen LogP contribution in [0, 0.1) is 0 Å². The molecular formula is C12H23ClN2O3. The first kappa shape index (κ1) is 19.3. The number of nitrogens with one attached hydrogen (secondary N) is 1. The van der Waals surface area contributed by atoms with Gasteiger partial charge in [0, 0.05) is 5.57 Å². The molecule has 0 aliphatic carbocycles. The number of carbonyl (C=O) groups is 2. The van der Waals surface area contributed by atoms with Crippen LogP contribution in [0.5, 0.6) is 0 Å². The highest BCUT2D eigenvalue weighted by atomic mass is 35.5. The Morgan fingerprint density at radius 3 is 2.06 bits per heavy atom. The second kappa shape index (κ2) is 6.75. The summed E-state index contributed by atoms with van der Waals surface area (Å²) >= 11 is 0. The SMILES string of the molecule is C=C(C)C(=O)NC(N)(CC)C(=O)OC(C)(C)C.Cl. The molecule has 0 heterocycles. The van der Waals surface area contributed by atoms with Crippen molar-refractivity contribution in [3.05, 3.63) is 12.2 Å². The summed E-state index contributed by atoms with van der Waals surface area (Å²) < 4.78 is 5.17. The Balaban J connectivity index is 0. The van der Waals surface area contributed by atoms with Crippen LogP contribution in [-0.4, -0.2) is 23.1 Å². The molecule has 1 atom stereocenters. The molecule has 0 spiro atoms. The van der Waals surface area contributed by atoms with Crippen molar-refractivity contribution in [1.82, 2.24) is 5.32 Å². The van der Waals surface area contributed by atoms with Gasteiger partial charge in [0.15, 0.2) is 5.66 Å². The van der Waals surface area contributed by atoms with Gasteiger partial charge in [0.2, 0.25) is 5.91 Å². The van der Waals surface area contributed by atoms with Gasteiger partial charge in [-0.05, 0) is 34.1 Å². The summed E-state index contributed by atoms with van der Waals surface area (Å²) in [6, 6.07) is 0. The summed E-state index contributed by atoms with van der Waals surface area (Å²) in [4.78, 5) is 23.4. The molecule has 0 aromatic rings. The molecule has 0 radical (unpaired) electrons. The Morgan fingerprint density at radius 2 is 1.78 bits per heavy atom. The van der Waals surface area contributed by atoms with Crippen LogP contribution in [0.2, 0.25) is 0 Å². The van der Waals surface area contributed by atoms with Crippen LogP contribution < -0.4 is 11.1 Å². The smallest absolute Gasteiger partial charge is 0.347 e. The number of rotatable bonds is 4. The highest BCUT2D eigenvalue weighted by Gasteiger charge is 2.37. The number of esters is 1. The number of hydrogen-bond donors (Lipinski definition) is 2. The van der Waals surface area contributed by atoms with Crippen LogP contribution in [-0.2, 0) is 14.3 Å². The quantitative estimate of drug-likeness (QED) is 0.464. The fourth-order valence-corrected chi connectivity index (χ4v) is 0.962. The molecule has 18 heavy (non-hydrogen) atoms. The lowest BCUT2D eigenvalue weighted by Gasteiger charge is -2.31. The molecule has 5 nitrogen and oxygen atoms in total. The van der Waals surface area contributed by atoms with Crippen molar-refractivity contribution in [2.24, 2.45) is 5.73 Å². The predicted molar refractivity (Wildman–Crippen MR) is 73.3 cm³/mol. The van der Waals surface area contributed by atoms with Gasteiger partial charge in [0.25, 0.3) is 0 Å². The van der Waals surface area contributed by atoms with E-state index in [1.54, 1.807) is 34.6 Å². The molecule has 0 saturated heterocycles. The third kappa shape index (κ3) is 6.02. The van der Waals surface area contributed by atoms with Gasteiger partial charge in [0.1, 0.15) is 5.60 Å². The zero-order valence-corrected chi connectivity index (χ0v) is 12.4. The van der Waals surface area contributed by atoms with Crippen molar-refractivity contribution in [2.45, 2.75) is 52.3 Å². The van der Waals surface area contributed by atoms with E-state index in [-0.39, 0.29) is 24.4 Å². The van der Waals surface area contributed by atoms with Gasteiger partial charge in [-0.15, -0.1) is 12.4 Å². The molecule has 0 aromatic carbocycles. The third-order valence-corrected chi connectivity index (χ3v) is 2.05. The molecule has 0 aromatic heterocycles. The minimum absolute atomic E-state index is 0. The summed E-state index contributed by atoms with van der Waals surface area (Å²) in [6.45, 7) is 11.9. The van der Waals surface area contributed by atoms with Crippen molar-refractivity contribution in [3.63, 3.8) is 0 Å². The summed E-state index contributed by atoms with van der Waals surface area (Å²) in [5.74, 6) is -1.11. The molecule has 6 heteroatoms. The Hall–Kier alpha value is -1.07. The zero-order chi connectivity index (χ0) is 13.9. The Labute approximate surface area is 115 Å². The molecule has 0 rings (SSSR count). The summed E-state index contributed by atoms with van der Waals surface area (Å²) in [7, 11) is 0. The standard InChI is InChI=1S/C12H22N2O3.ClH/c1-7-12(13,14-9(15)8(2)3)10(16)17-11(4,5)6;/h2,7,13H2,1,3-6H3,(H,14,15);1H. The molecule has 3 N–H and O–H groups in total. The predicted octanol–water partition coefficient (Wildman–Crippen LogP) is 1.51. The first-order valence-electron chi connectivity index (χ1n) is 5.52. The van der Waals surface area contributed by atoms with Gasteiger partial charge in [-0.3, -0.25) is 10.5 Å². The fourth-order valence-electron chi connectivity index (χ4n) is 0.962. The van der Waals surface area contributed by atoms with E-state index in [9.17, 15) is 9.59 Å². The summed E-state index contributed by atoms with van der Waals surface area (Å²) in [5, 5.41) is 2.43. The largest absolute Gasteiger partial charge is 0.457 e. The van der Waals surface area contributed by atoms with Gasteiger partial charge in [-0.2, -0.15) is 0 Å². The van der Waals surface area contributed by atoms with E-state index < -0.39 is 23.1 Å². The maximum atomic E-state index is 11.9. The number of ether oxygens (including phenoxy) is 1. The zero-order valence-electron chi connectivity index (χ0n) is 11.6. The van der Waals surface area contributed by atoms with Gasteiger partial charge in [-0.25, -0.2) is 4.79 Å². The molecule has 0 fully saturated rings. The lowest BCUT2D eigenvalue weighted by molar-refractivity contribution is -0.164. The minimum Gasteiger partial charge on any atom is -0.457 e. The van der Waals surface area contributed by atoms with E-state index in [4.69, 9.17) is 10.5 Å². The van der Waals surface area contributed by atoms with Crippen molar-refractivity contribution < 1.29 is 14.3 Å². The molecule has 0 aliphatic heterocycles. The van der Waals surface area contributed by atoms with Crippen molar-refractivity contribution in [1.29, 1.82) is 0 Å². The van der Waals surface area contributed by atoms with Crippen molar-refractivity contribution in [2.75, 3.05) is 0 Å². The number of halogens is 1. The highest BCUT2D eigenvalue weighted by Crippen LogP contribution is 2.14. The molecule has 1 unspecified atom stereocenters. The number of hydrogen-bond acceptors (Lipinski definition) is 4. The highest BCUT2D eigenvalue weighted by molar-refractivity contribution is 5.96. The molecule has 0 saturated carbocycles. The second-order valence-electron chi connectivity index (χ2n) is 5.06. The van der Waals surface area contributed by atoms with Gasteiger partial charge >= 0.3 is 5.97 Å². The minimum atomic E-state index is -1.51. The average Bonchev–Trinajstić information content (AvgIpc) is 2.14. The van der Waals surface area contributed by atoms with E-state index in [0.717, 1.165) is 0 Å². The lowest BCUT2D eigenvalue weighted by atomic mass is 10.1. The van der Waals surface area contributed by atoms with E-state index in [1.807, 2.05) is 0 Å². The van der Waals surface area contributed by atoms with Crippen molar-refractivity contribution in [3.8, 4) is 0 Å². The molecule has 1 amide bonds. The number of amides is 1. The molecule has 0 aliphatic rings. The Bertz CT molecular complexity index is 337. The number of carbonyl (C=O) groups excluding carboxylic acids is 2. The maximum Gasteiger partial charge on any atom is 0.347 e. The molecule has 0 bridgehead atoms. The second-order valence-corrected chi connectivity index (χ2v) is 5.06. The van der Waals surface area contributed by atoms with E-state index in [1.165, 1.54) is 0 Å². The normalized spacial score (nSPS) is 13.9. The van der Waals surface area contributed by atoms with Gasteiger partial charge in [0.05, 0.1) is 0 Å². The van der Waals surface area contributed by atoms with Crippen LogP contribution in [0.4, 0.5) is 0 Å². The molecular weight excluding hydrogens is 256 g/mol. The van der Waals surface area contributed by atoms with E-state index in [2.05, 4.69) is 11.9 Å². The van der Waals surface area contributed by atoms with Crippen LogP contribution in [0.1, 0.15) is 41.0 Å². The molecule has 106 valence electrons. The average molecular weight is 279 g/mol. The lowest BCUT2D eigenvalue weighted by Crippen LogP contribution is -2.62. The van der Waals surface area contributed by atoms with Crippen LogP contribution in [0.3, 0.4) is 0 Å². The first-order valence-corrected chi connectivity index (χ1v) is 5.52. The third-order valence-electron chi connectivity index (χ3n) is 2.05.